The van der Waals surface area contributed by atoms with E-state index < -0.39 is 5.97 Å². The molecular formula is C31H44FN5O2S. The summed E-state index contributed by atoms with van der Waals surface area (Å²) >= 11 is 1.58. The van der Waals surface area contributed by atoms with Crippen molar-refractivity contribution in [2.75, 3.05) is 12.3 Å². The molecule has 0 amide bonds. The number of nitrogens with two attached hydrogens (primary N) is 1. The molecule has 0 bridgehead atoms. The molecule has 2 aromatic carbocycles. The molecule has 40 heavy (non-hydrogen) atoms. The third-order valence-electron chi connectivity index (χ3n) is 6.82. The molecule has 9 heteroatoms. The van der Waals surface area contributed by atoms with E-state index in [2.05, 4.69) is 22.1 Å². The number of nitrogens with zero attached hydrogens (tertiary/aromatic N) is 2. The third-order valence-corrected chi connectivity index (χ3v) is 7.76. The van der Waals surface area contributed by atoms with Crippen molar-refractivity contribution in [3.63, 3.8) is 0 Å². The second-order valence-corrected chi connectivity index (χ2v) is 11.3. The summed E-state index contributed by atoms with van der Waals surface area (Å²) in [4.78, 5) is 12.1. The molecule has 5 N–H and O–H groups in total. The van der Waals surface area contributed by atoms with Gasteiger partial charge in [0.05, 0.1) is 11.9 Å². The molecule has 7 nitrogen and oxygen atoms in total. The first-order chi connectivity index (χ1) is 19.4. The van der Waals surface area contributed by atoms with Crippen LogP contribution >= 0.6 is 11.9 Å². The molecule has 0 unspecified atom stereocenters. The fourth-order valence-electron chi connectivity index (χ4n) is 4.17. The fourth-order valence-corrected chi connectivity index (χ4v) is 5.01. The number of nitrogens with one attached hydrogen (secondary N) is 2. The van der Waals surface area contributed by atoms with E-state index >= 15 is 0 Å². The van der Waals surface area contributed by atoms with Gasteiger partial charge in [-0.05, 0) is 80.1 Å². The second-order valence-electron chi connectivity index (χ2n) is 10.4. The number of aryl methyl sites for hydroxylation is 1. The first-order valence-electron chi connectivity index (χ1n) is 14.4. The molecule has 1 aromatic heterocycles. The van der Waals surface area contributed by atoms with Crippen molar-refractivity contribution in [1.29, 1.82) is 0 Å². The number of aromatic carboxylic acids is 1. The molecular weight excluding hydrogens is 525 g/mol. The van der Waals surface area contributed by atoms with Gasteiger partial charge in [0.2, 0.25) is 0 Å². The molecule has 1 heterocycles. The lowest BCUT2D eigenvalue weighted by Crippen LogP contribution is -2.14. The lowest BCUT2D eigenvalue weighted by atomic mass is 10.1. The maximum Gasteiger partial charge on any atom is 0.341 e. The van der Waals surface area contributed by atoms with Gasteiger partial charge in [0, 0.05) is 17.5 Å². The highest BCUT2D eigenvalue weighted by Gasteiger charge is 2.21. The third kappa shape index (κ3) is 10.9. The molecule has 0 spiro atoms. The summed E-state index contributed by atoms with van der Waals surface area (Å²) in [6.45, 7) is 6.11. The van der Waals surface area contributed by atoms with Gasteiger partial charge in [0.15, 0.2) is 0 Å². The average Bonchev–Trinajstić information content (AvgIpc) is 3.70. The second kappa shape index (κ2) is 17.0. The Kier molecular flexibility index (Phi) is 13.5. The number of anilines is 1. The Balaban J connectivity index is 0.000000222. The predicted octanol–water partition coefficient (Wildman–Crippen LogP) is 7.28. The molecule has 218 valence electrons. The maximum atomic E-state index is 12.7. The summed E-state index contributed by atoms with van der Waals surface area (Å²) in [5.74, 6) is -1.09. The number of carboxylic acid groups (broad SMARTS) is 1. The van der Waals surface area contributed by atoms with Gasteiger partial charge in [0.25, 0.3) is 0 Å². The first kappa shape index (κ1) is 31.6. The number of benzene rings is 2. The largest absolute Gasteiger partial charge is 0.477 e. The molecule has 4 rings (SSSR count). The van der Waals surface area contributed by atoms with Crippen molar-refractivity contribution >= 4 is 23.7 Å². The summed E-state index contributed by atoms with van der Waals surface area (Å²) in [5.41, 5.74) is 8.83. The fraction of sp³-hybridized carbons (Fsp3) is 0.484. The van der Waals surface area contributed by atoms with Crippen LogP contribution in [0, 0.1) is 12.7 Å². The summed E-state index contributed by atoms with van der Waals surface area (Å²) in [6, 6.07) is 13.3. The van der Waals surface area contributed by atoms with Crippen molar-refractivity contribution in [1.82, 2.24) is 19.8 Å². The van der Waals surface area contributed by atoms with E-state index in [0.717, 1.165) is 34.8 Å². The molecule has 1 aliphatic carbocycles. The maximum absolute atomic E-state index is 12.7. The van der Waals surface area contributed by atoms with Crippen molar-refractivity contribution in [2.45, 2.75) is 95.5 Å². The zero-order valence-electron chi connectivity index (χ0n) is 23.8. The van der Waals surface area contributed by atoms with Gasteiger partial charge in [-0.1, -0.05) is 70.1 Å². The van der Waals surface area contributed by atoms with Crippen molar-refractivity contribution in [2.24, 2.45) is 0 Å². The molecule has 0 radical (unpaired) electrons. The van der Waals surface area contributed by atoms with E-state index in [9.17, 15) is 9.18 Å². The van der Waals surface area contributed by atoms with E-state index in [1.807, 2.05) is 37.3 Å². The van der Waals surface area contributed by atoms with Crippen LogP contribution in [0.1, 0.15) is 92.6 Å². The molecule has 0 saturated heterocycles. The number of hydrogen-bond donors (Lipinski definition) is 4. The Hall–Kier alpha value is -2.88. The Bertz CT molecular complexity index is 1180. The van der Waals surface area contributed by atoms with Crippen LogP contribution < -0.4 is 15.8 Å². The van der Waals surface area contributed by atoms with Crippen LogP contribution in [0.2, 0.25) is 0 Å². The van der Waals surface area contributed by atoms with Crippen LogP contribution in [-0.2, 0) is 6.54 Å². The van der Waals surface area contributed by atoms with Gasteiger partial charge >= 0.3 is 5.97 Å². The van der Waals surface area contributed by atoms with Gasteiger partial charge in [-0.3, -0.25) is 4.72 Å². The number of aromatic nitrogens is 2. The van der Waals surface area contributed by atoms with Gasteiger partial charge < -0.3 is 16.2 Å². The lowest BCUT2D eigenvalue weighted by molar-refractivity contribution is 0.0698. The van der Waals surface area contributed by atoms with Crippen molar-refractivity contribution in [3.05, 3.63) is 71.2 Å². The number of rotatable bonds is 16. The Morgan fingerprint density at radius 3 is 2.38 bits per heavy atom. The van der Waals surface area contributed by atoms with E-state index in [1.165, 1.54) is 87.2 Å². The zero-order valence-corrected chi connectivity index (χ0v) is 24.6. The number of hydrogen-bond acceptors (Lipinski definition) is 6. The Morgan fingerprint density at radius 2 is 1.75 bits per heavy atom. The minimum atomic E-state index is -1.07. The smallest absolute Gasteiger partial charge is 0.341 e. The minimum Gasteiger partial charge on any atom is -0.477 e. The predicted molar refractivity (Wildman–Crippen MR) is 162 cm³/mol. The van der Waals surface area contributed by atoms with E-state index in [-0.39, 0.29) is 17.2 Å². The summed E-state index contributed by atoms with van der Waals surface area (Å²) in [5, 5.41) is 16.6. The lowest BCUT2D eigenvalue weighted by Gasteiger charge is -2.10. The van der Waals surface area contributed by atoms with E-state index in [1.54, 1.807) is 11.9 Å². The SMILES string of the molecule is CCCCCCCCCCNCc1ccc(F)cc1.Cc1ccc(SNC2CC2)cc1-n1ncc(C(=O)O)c1N. The van der Waals surface area contributed by atoms with Crippen LogP contribution in [0.25, 0.3) is 5.69 Å². The number of carbonyl (C=O) groups is 1. The highest BCUT2D eigenvalue weighted by molar-refractivity contribution is 7.97. The molecule has 0 atom stereocenters. The average molecular weight is 570 g/mol. The number of carboxylic acids is 1. The normalized spacial score (nSPS) is 12.7. The number of halogens is 1. The monoisotopic (exact) mass is 569 g/mol. The van der Waals surface area contributed by atoms with Crippen LogP contribution in [0.3, 0.4) is 0 Å². The van der Waals surface area contributed by atoms with Crippen LogP contribution in [0.4, 0.5) is 10.2 Å². The van der Waals surface area contributed by atoms with Crippen LogP contribution in [-0.4, -0.2) is 33.4 Å². The van der Waals surface area contributed by atoms with Crippen LogP contribution in [0.15, 0.2) is 53.6 Å². The van der Waals surface area contributed by atoms with Crippen LogP contribution in [0.5, 0.6) is 0 Å². The van der Waals surface area contributed by atoms with E-state index in [0.29, 0.717) is 6.04 Å². The topological polar surface area (TPSA) is 105 Å². The zero-order chi connectivity index (χ0) is 28.7. The summed E-state index contributed by atoms with van der Waals surface area (Å²) in [7, 11) is 0. The Labute approximate surface area is 242 Å². The molecule has 0 aliphatic heterocycles. The first-order valence-corrected chi connectivity index (χ1v) is 15.3. The van der Waals surface area contributed by atoms with Gasteiger partial charge in [-0.2, -0.15) is 5.10 Å². The highest BCUT2D eigenvalue weighted by atomic mass is 32.2. The van der Waals surface area contributed by atoms with Crippen molar-refractivity contribution < 1.29 is 14.3 Å². The van der Waals surface area contributed by atoms with Crippen molar-refractivity contribution in [3.8, 4) is 5.69 Å². The highest BCUT2D eigenvalue weighted by Crippen LogP contribution is 2.28. The molecule has 3 aromatic rings. The minimum absolute atomic E-state index is 0.0172. The summed E-state index contributed by atoms with van der Waals surface area (Å²) in [6.07, 6.45) is 14.6. The Morgan fingerprint density at radius 1 is 1.07 bits per heavy atom. The molecule has 1 fully saturated rings. The molecule has 1 aliphatic rings. The summed E-state index contributed by atoms with van der Waals surface area (Å²) < 4.78 is 17.5. The molecule has 1 saturated carbocycles. The quantitative estimate of drug-likeness (QED) is 0.106. The number of nitrogen functional groups attached to an aromatic ring is 1. The van der Waals surface area contributed by atoms with Gasteiger partial charge in [-0.15, -0.1) is 0 Å². The van der Waals surface area contributed by atoms with Gasteiger partial charge in [-0.25, -0.2) is 13.9 Å². The van der Waals surface area contributed by atoms with E-state index in [4.69, 9.17) is 10.8 Å². The number of unbranched alkanes of at least 4 members (excludes halogenated alkanes) is 7. The van der Waals surface area contributed by atoms with Gasteiger partial charge in [0.1, 0.15) is 17.2 Å². The standard InChI is InChI=1S/C17H28FN.C14H16N4O2S/c1-2-3-4-5-6-7-8-9-14-19-15-16-10-12-17(18)13-11-16;1-8-2-5-10(21-17-9-3-4-9)6-12(8)18-13(15)11(7-16-18)14(19)20/h10-13,19H,2-9,14-15H2,1H3;2,5-7,9,17H,3-4,15H2,1H3,(H,19,20).